The molecule has 0 aliphatic carbocycles. The van der Waals surface area contributed by atoms with Crippen molar-refractivity contribution in [3.05, 3.63) is 69.3 Å². The lowest BCUT2D eigenvalue weighted by atomic mass is 10.0. The number of carbonyl (C=O) groups excluding carboxylic acids is 1. The van der Waals surface area contributed by atoms with Gasteiger partial charge in [-0.05, 0) is 43.2 Å². The fourth-order valence-corrected chi connectivity index (χ4v) is 1.77. The van der Waals surface area contributed by atoms with Crippen molar-refractivity contribution >= 4 is 11.7 Å². The number of aryl methyl sites for hydroxylation is 1. The molecule has 0 saturated carbocycles. The van der Waals surface area contributed by atoms with E-state index in [4.69, 9.17) is 4.74 Å². The number of rotatable bonds is 3. The molecule has 0 radical (unpaired) electrons. The molecular formula is C15H13NO4. The van der Waals surface area contributed by atoms with Crippen molar-refractivity contribution in [1.82, 2.24) is 0 Å². The van der Waals surface area contributed by atoms with Crippen LogP contribution >= 0.6 is 0 Å². The maximum atomic E-state index is 12.0. The Morgan fingerprint density at radius 3 is 2.35 bits per heavy atom. The smallest absolute Gasteiger partial charge is 0.343 e. The van der Waals surface area contributed by atoms with Crippen LogP contribution in [0.25, 0.3) is 0 Å². The largest absolute Gasteiger partial charge is 0.423 e. The molecule has 2 aromatic carbocycles. The molecule has 0 saturated heterocycles. The molecule has 0 aliphatic heterocycles. The number of nitrogens with zero attached hydrogens (tertiary/aromatic N) is 1. The number of hydrogen-bond donors (Lipinski definition) is 0. The van der Waals surface area contributed by atoms with Crippen LogP contribution in [-0.4, -0.2) is 10.9 Å². The number of nitro groups is 1. The molecule has 0 fully saturated rings. The normalized spacial score (nSPS) is 10.1. The van der Waals surface area contributed by atoms with Crippen LogP contribution in [0.15, 0.2) is 42.5 Å². The molecule has 5 heteroatoms. The van der Waals surface area contributed by atoms with Crippen molar-refractivity contribution in [3.8, 4) is 5.75 Å². The molecule has 0 bridgehead atoms. The molecule has 0 spiro atoms. The summed E-state index contributed by atoms with van der Waals surface area (Å²) in [5.41, 5.74) is 2.31. The zero-order valence-corrected chi connectivity index (χ0v) is 11.1. The first-order valence-electron chi connectivity index (χ1n) is 6.02. The van der Waals surface area contributed by atoms with Gasteiger partial charge in [0.2, 0.25) is 0 Å². The Balaban J connectivity index is 2.19. The Kier molecular flexibility index (Phi) is 3.79. The molecule has 0 aliphatic rings. The van der Waals surface area contributed by atoms with E-state index in [1.807, 2.05) is 19.9 Å². The van der Waals surface area contributed by atoms with Crippen LogP contribution in [0.3, 0.4) is 0 Å². The van der Waals surface area contributed by atoms with Crippen molar-refractivity contribution in [1.29, 1.82) is 0 Å². The quantitative estimate of drug-likeness (QED) is 0.371. The third kappa shape index (κ3) is 2.83. The molecule has 0 atom stereocenters. The van der Waals surface area contributed by atoms with Gasteiger partial charge in [0.1, 0.15) is 5.75 Å². The molecule has 0 unspecified atom stereocenters. The number of non-ortho nitro benzene ring substituents is 1. The van der Waals surface area contributed by atoms with Crippen molar-refractivity contribution in [2.24, 2.45) is 0 Å². The first-order valence-corrected chi connectivity index (χ1v) is 6.02. The van der Waals surface area contributed by atoms with Crippen LogP contribution in [0.1, 0.15) is 21.5 Å². The predicted octanol–water partition coefficient (Wildman–Crippen LogP) is 3.43. The average molecular weight is 271 g/mol. The lowest BCUT2D eigenvalue weighted by Gasteiger charge is -2.08. The van der Waals surface area contributed by atoms with Gasteiger partial charge in [-0.1, -0.05) is 12.1 Å². The summed E-state index contributed by atoms with van der Waals surface area (Å²) in [5, 5.41) is 10.5. The Morgan fingerprint density at radius 1 is 1.10 bits per heavy atom. The third-order valence-electron chi connectivity index (χ3n) is 3.08. The van der Waals surface area contributed by atoms with Crippen LogP contribution in [0.5, 0.6) is 5.75 Å². The highest BCUT2D eigenvalue weighted by Crippen LogP contribution is 2.20. The standard InChI is InChI=1S/C15H13NO4/c1-10-4-3-5-14(11(10)2)15(17)20-13-8-6-12(7-9-13)16(18)19/h3-9H,1-2H3. The Morgan fingerprint density at radius 2 is 1.75 bits per heavy atom. The van der Waals surface area contributed by atoms with Gasteiger partial charge in [-0.25, -0.2) is 4.79 Å². The summed E-state index contributed by atoms with van der Waals surface area (Å²) in [6.07, 6.45) is 0. The molecule has 102 valence electrons. The molecule has 5 nitrogen and oxygen atoms in total. The third-order valence-corrected chi connectivity index (χ3v) is 3.08. The second-order valence-corrected chi connectivity index (χ2v) is 4.39. The number of carbonyl (C=O) groups is 1. The van der Waals surface area contributed by atoms with E-state index in [0.717, 1.165) is 11.1 Å². The van der Waals surface area contributed by atoms with Gasteiger partial charge in [-0.3, -0.25) is 10.1 Å². The highest BCUT2D eigenvalue weighted by atomic mass is 16.6. The topological polar surface area (TPSA) is 69.4 Å². The maximum Gasteiger partial charge on any atom is 0.343 e. The zero-order chi connectivity index (χ0) is 14.7. The minimum atomic E-state index is -0.504. The molecule has 0 N–H and O–H groups in total. The SMILES string of the molecule is Cc1cccc(C(=O)Oc2ccc([N+](=O)[O-])cc2)c1C. The van der Waals surface area contributed by atoms with Crippen molar-refractivity contribution < 1.29 is 14.5 Å². The molecule has 2 rings (SSSR count). The van der Waals surface area contributed by atoms with Gasteiger partial charge in [-0.15, -0.1) is 0 Å². The fourth-order valence-electron chi connectivity index (χ4n) is 1.77. The summed E-state index contributed by atoms with van der Waals surface area (Å²) in [5.74, 6) is -0.193. The van der Waals surface area contributed by atoms with Gasteiger partial charge in [0.05, 0.1) is 10.5 Å². The summed E-state index contributed by atoms with van der Waals surface area (Å²) in [6.45, 7) is 3.76. The summed E-state index contributed by atoms with van der Waals surface area (Å²) in [4.78, 5) is 22.1. The molecule has 0 amide bonds. The molecule has 0 heterocycles. The highest BCUT2D eigenvalue weighted by Gasteiger charge is 2.13. The molecule has 2 aromatic rings. The number of nitro benzene ring substituents is 1. The summed E-state index contributed by atoms with van der Waals surface area (Å²) in [7, 11) is 0. The summed E-state index contributed by atoms with van der Waals surface area (Å²) in [6, 6.07) is 10.8. The van der Waals surface area contributed by atoms with Gasteiger partial charge in [-0.2, -0.15) is 0 Å². The van der Waals surface area contributed by atoms with Crippen molar-refractivity contribution in [3.63, 3.8) is 0 Å². The van der Waals surface area contributed by atoms with Gasteiger partial charge < -0.3 is 4.74 Å². The second kappa shape index (κ2) is 5.52. The van der Waals surface area contributed by atoms with E-state index in [9.17, 15) is 14.9 Å². The average Bonchev–Trinajstić information content (AvgIpc) is 2.42. The Labute approximate surface area is 116 Å². The van der Waals surface area contributed by atoms with Crippen LogP contribution in [-0.2, 0) is 0 Å². The van der Waals surface area contributed by atoms with E-state index in [-0.39, 0.29) is 11.4 Å². The van der Waals surface area contributed by atoms with Crippen LogP contribution < -0.4 is 4.74 Å². The van der Waals surface area contributed by atoms with E-state index >= 15 is 0 Å². The highest BCUT2D eigenvalue weighted by molar-refractivity contribution is 5.92. The van der Waals surface area contributed by atoms with E-state index in [1.165, 1.54) is 24.3 Å². The molecular weight excluding hydrogens is 258 g/mol. The minimum absolute atomic E-state index is 0.0449. The van der Waals surface area contributed by atoms with Crippen molar-refractivity contribution in [2.45, 2.75) is 13.8 Å². The number of hydrogen-bond acceptors (Lipinski definition) is 4. The zero-order valence-electron chi connectivity index (χ0n) is 11.1. The molecule has 20 heavy (non-hydrogen) atoms. The van der Waals surface area contributed by atoms with Crippen LogP contribution in [0.4, 0.5) is 5.69 Å². The van der Waals surface area contributed by atoms with Gasteiger partial charge in [0.15, 0.2) is 0 Å². The fraction of sp³-hybridized carbons (Fsp3) is 0.133. The lowest BCUT2D eigenvalue weighted by molar-refractivity contribution is -0.384. The predicted molar refractivity (Wildman–Crippen MR) is 74.0 cm³/mol. The summed E-state index contributed by atoms with van der Waals surface area (Å²) < 4.78 is 5.21. The van der Waals surface area contributed by atoms with Crippen LogP contribution in [0.2, 0.25) is 0 Å². The maximum absolute atomic E-state index is 12.0. The second-order valence-electron chi connectivity index (χ2n) is 4.39. The van der Waals surface area contributed by atoms with E-state index in [1.54, 1.807) is 12.1 Å². The number of benzene rings is 2. The van der Waals surface area contributed by atoms with Gasteiger partial charge in [0, 0.05) is 12.1 Å². The van der Waals surface area contributed by atoms with Crippen LogP contribution in [0, 0.1) is 24.0 Å². The Hall–Kier alpha value is -2.69. The van der Waals surface area contributed by atoms with E-state index in [0.29, 0.717) is 5.56 Å². The minimum Gasteiger partial charge on any atom is -0.423 e. The van der Waals surface area contributed by atoms with Gasteiger partial charge in [0.25, 0.3) is 5.69 Å². The monoisotopic (exact) mass is 271 g/mol. The van der Waals surface area contributed by atoms with E-state index < -0.39 is 10.9 Å². The lowest BCUT2D eigenvalue weighted by Crippen LogP contribution is -2.10. The summed E-state index contributed by atoms with van der Waals surface area (Å²) >= 11 is 0. The van der Waals surface area contributed by atoms with E-state index in [2.05, 4.69) is 0 Å². The number of ether oxygens (including phenoxy) is 1. The first kappa shape index (κ1) is 13.7. The molecule has 0 aromatic heterocycles. The van der Waals surface area contributed by atoms with Gasteiger partial charge >= 0.3 is 5.97 Å². The number of esters is 1. The van der Waals surface area contributed by atoms with Crippen molar-refractivity contribution in [2.75, 3.05) is 0 Å². The first-order chi connectivity index (χ1) is 9.49. The Bertz CT molecular complexity index is 662.